The molecule has 0 aliphatic carbocycles. The largest absolute Gasteiger partial charge is 0.491 e. The Hall–Kier alpha value is -2.89. The predicted octanol–water partition coefficient (Wildman–Crippen LogP) is 2.90. The van der Waals surface area contributed by atoms with Crippen molar-refractivity contribution < 1.29 is 14.3 Å². The van der Waals surface area contributed by atoms with E-state index in [4.69, 9.17) is 4.74 Å². The van der Waals surface area contributed by atoms with Crippen LogP contribution in [-0.4, -0.2) is 46.9 Å². The van der Waals surface area contributed by atoms with E-state index in [-0.39, 0.29) is 23.9 Å². The number of nitrogens with one attached hydrogen (secondary N) is 1. The van der Waals surface area contributed by atoms with Crippen LogP contribution in [0.1, 0.15) is 47.4 Å². The molecule has 1 saturated heterocycles. The lowest BCUT2D eigenvalue weighted by atomic mass is 10.2. The van der Waals surface area contributed by atoms with Gasteiger partial charge in [-0.25, -0.2) is 0 Å². The van der Waals surface area contributed by atoms with Gasteiger partial charge in [0, 0.05) is 30.5 Å². The molecule has 1 aliphatic rings. The maximum absolute atomic E-state index is 12.7. The van der Waals surface area contributed by atoms with Gasteiger partial charge in [-0.1, -0.05) is 0 Å². The summed E-state index contributed by atoms with van der Waals surface area (Å²) in [7, 11) is 0. The van der Waals surface area contributed by atoms with Gasteiger partial charge in [-0.2, -0.15) is 0 Å². The molecule has 0 spiro atoms. The summed E-state index contributed by atoms with van der Waals surface area (Å²) < 4.78 is 5.88. The summed E-state index contributed by atoms with van der Waals surface area (Å²) in [6.07, 6.45) is 5.14. The zero-order chi connectivity index (χ0) is 19.2. The number of hydrogen-bond acceptors (Lipinski definition) is 4. The normalized spacial score (nSPS) is 16.4. The number of ether oxygens (including phenoxy) is 1. The molecule has 1 aliphatic heterocycles. The highest BCUT2D eigenvalue weighted by atomic mass is 16.5. The van der Waals surface area contributed by atoms with Crippen LogP contribution in [0.25, 0.3) is 0 Å². The van der Waals surface area contributed by atoms with E-state index in [1.54, 1.807) is 48.8 Å². The number of amides is 2. The summed E-state index contributed by atoms with van der Waals surface area (Å²) in [5.74, 6) is 0.590. The molecule has 1 unspecified atom stereocenters. The lowest BCUT2D eigenvalue weighted by Crippen LogP contribution is -2.39. The molecular weight excluding hydrogens is 342 g/mol. The van der Waals surface area contributed by atoms with Crippen LogP contribution < -0.4 is 10.1 Å². The number of aromatic nitrogens is 1. The number of hydrogen-bond donors (Lipinski definition) is 1. The fraction of sp³-hybridized carbons (Fsp3) is 0.381. The van der Waals surface area contributed by atoms with Crippen molar-refractivity contribution in [2.75, 3.05) is 13.2 Å². The topological polar surface area (TPSA) is 71.5 Å². The molecule has 1 N–H and O–H groups in total. The number of carbonyl (C=O) groups is 2. The molecule has 142 valence electrons. The number of nitrogens with zero attached hydrogens (tertiary/aromatic N) is 2. The van der Waals surface area contributed by atoms with Crippen LogP contribution in [-0.2, 0) is 0 Å². The molecule has 27 heavy (non-hydrogen) atoms. The standard InChI is InChI=1S/C21H25N3O3/c1-15(2)23-20(25)16-7-9-19(10-8-16)27-14-18-6-4-12-24(18)21(26)17-5-3-11-22-13-17/h3,5,7-11,13,15,18H,4,6,12,14H2,1-2H3,(H,23,25). The first-order chi connectivity index (χ1) is 13.0. The van der Waals surface area contributed by atoms with Crippen molar-refractivity contribution in [3.63, 3.8) is 0 Å². The van der Waals surface area contributed by atoms with Gasteiger partial charge in [-0.15, -0.1) is 0 Å². The van der Waals surface area contributed by atoms with Gasteiger partial charge >= 0.3 is 0 Å². The summed E-state index contributed by atoms with van der Waals surface area (Å²) in [6, 6.07) is 10.8. The molecule has 0 bridgehead atoms. The summed E-state index contributed by atoms with van der Waals surface area (Å²) >= 11 is 0. The molecule has 1 aromatic carbocycles. The van der Waals surface area contributed by atoms with E-state index in [1.807, 2.05) is 18.7 Å². The Morgan fingerprint density at radius 1 is 1.22 bits per heavy atom. The average Bonchev–Trinajstić information content (AvgIpc) is 3.15. The van der Waals surface area contributed by atoms with Gasteiger partial charge in [0.25, 0.3) is 11.8 Å². The highest BCUT2D eigenvalue weighted by Crippen LogP contribution is 2.21. The Balaban J connectivity index is 1.57. The second kappa shape index (κ2) is 8.66. The highest BCUT2D eigenvalue weighted by molar-refractivity contribution is 5.94. The van der Waals surface area contributed by atoms with Gasteiger partial charge in [-0.3, -0.25) is 14.6 Å². The maximum Gasteiger partial charge on any atom is 0.255 e. The van der Waals surface area contributed by atoms with Crippen molar-refractivity contribution in [3.8, 4) is 5.75 Å². The average molecular weight is 367 g/mol. The van der Waals surface area contributed by atoms with E-state index < -0.39 is 0 Å². The van der Waals surface area contributed by atoms with Crippen LogP contribution in [0.4, 0.5) is 0 Å². The quantitative estimate of drug-likeness (QED) is 0.852. The molecule has 0 radical (unpaired) electrons. The molecule has 6 heteroatoms. The molecular formula is C21H25N3O3. The van der Waals surface area contributed by atoms with E-state index in [0.29, 0.717) is 23.5 Å². The fourth-order valence-electron chi connectivity index (χ4n) is 3.17. The molecule has 2 aromatic rings. The van der Waals surface area contributed by atoms with Gasteiger partial charge in [0.1, 0.15) is 12.4 Å². The third-order valence-corrected chi connectivity index (χ3v) is 4.53. The van der Waals surface area contributed by atoms with Gasteiger partial charge in [0.15, 0.2) is 0 Å². The zero-order valence-corrected chi connectivity index (χ0v) is 15.7. The van der Waals surface area contributed by atoms with Gasteiger partial charge in [0.2, 0.25) is 0 Å². The Morgan fingerprint density at radius 2 is 2.00 bits per heavy atom. The Labute approximate surface area is 159 Å². The van der Waals surface area contributed by atoms with Crippen LogP contribution in [0.3, 0.4) is 0 Å². The monoisotopic (exact) mass is 367 g/mol. The van der Waals surface area contributed by atoms with Crippen LogP contribution in [0, 0.1) is 0 Å². The summed E-state index contributed by atoms with van der Waals surface area (Å²) in [6.45, 7) is 5.02. The molecule has 6 nitrogen and oxygen atoms in total. The highest BCUT2D eigenvalue weighted by Gasteiger charge is 2.30. The SMILES string of the molecule is CC(C)NC(=O)c1ccc(OCC2CCCN2C(=O)c2cccnc2)cc1. The van der Waals surface area contributed by atoms with Crippen molar-refractivity contribution in [3.05, 3.63) is 59.9 Å². The fourth-order valence-corrected chi connectivity index (χ4v) is 3.17. The van der Waals surface area contributed by atoms with Gasteiger partial charge in [-0.05, 0) is 63.1 Å². The minimum Gasteiger partial charge on any atom is -0.491 e. The number of benzene rings is 1. The molecule has 1 aromatic heterocycles. The Kier molecular flexibility index (Phi) is 6.06. The van der Waals surface area contributed by atoms with E-state index >= 15 is 0 Å². The van der Waals surface area contributed by atoms with E-state index in [9.17, 15) is 9.59 Å². The van der Waals surface area contributed by atoms with Crippen molar-refractivity contribution in [2.45, 2.75) is 38.8 Å². The molecule has 2 heterocycles. The van der Waals surface area contributed by atoms with Crippen LogP contribution in [0.15, 0.2) is 48.8 Å². The Morgan fingerprint density at radius 3 is 2.67 bits per heavy atom. The predicted molar refractivity (Wildman–Crippen MR) is 103 cm³/mol. The Bertz CT molecular complexity index is 775. The van der Waals surface area contributed by atoms with E-state index in [2.05, 4.69) is 10.3 Å². The third kappa shape index (κ3) is 4.84. The van der Waals surface area contributed by atoms with E-state index in [0.717, 1.165) is 19.4 Å². The number of carbonyl (C=O) groups excluding carboxylic acids is 2. The molecule has 1 atom stereocenters. The number of likely N-dealkylation sites (tertiary alicyclic amines) is 1. The van der Waals surface area contributed by atoms with Crippen molar-refractivity contribution in [1.82, 2.24) is 15.2 Å². The summed E-state index contributed by atoms with van der Waals surface area (Å²) in [5, 5.41) is 2.86. The first-order valence-corrected chi connectivity index (χ1v) is 9.29. The van der Waals surface area contributed by atoms with Crippen molar-refractivity contribution in [1.29, 1.82) is 0 Å². The third-order valence-electron chi connectivity index (χ3n) is 4.53. The molecule has 3 rings (SSSR count). The molecule has 2 amide bonds. The van der Waals surface area contributed by atoms with Crippen molar-refractivity contribution in [2.24, 2.45) is 0 Å². The van der Waals surface area contributed by atoms with Crippen LogP contribution in [0.5, 0.6) is 5.75 Å². The lowest BCUT2D eigenvalue weighted by Gasteiger charge is -2.24. The number of pyridine rings is 1. The minimum atomic E-state index is -0.0967. The summed E-state index contributed by atoms with van der Waals surface area (Å²) in [4.78, 5) is 30.5. The van der Waals surface area contributed by atoms with Gasteiger partial charge < -0.3 is 15.0 Å². The maximum atomic E-state index is 12.7. The van der Waals surface area contributed by atoms with Crippen molar-refractivity contribution >= 4 is 11.8 Å². The summed E-state index contributed by atoms with van der Waals surface area (Å²) in [5.41, 5.74) is 1.20. The molecule has 0 saturated carbocycles. The number of rotatable bonds is 6. The first-order valence-electron chi connectivity index (χ1n) is 9.29. The second-order valence-corrected chi connectivity index (χ2v) is 7.00. The zero-order valence-electron chi connectivity index (χ0n) is 15.7. The van der Waals surface area contributed by atoms with Crippen LogP contribution >= 0.6 is 0 Å². The minimum absolute atomic E-state index is 0.00472. The van der Waals surface area contributed by atoms with Gasteiger partial charge in [0.05, 0.1) is 11.6 Å². The van der Waals surface area contributed by atoms with E-state index in [1.165, 1.54) is 0 Å². The van der Waals surface area contributed by atoms with Crippen LogP contribution in [0.2, 0.25) is 0 Å². The smallest absolute Gasteiger partial charge is 0.255 e. The first kappa shape index (κ1) is 18.9. The lowest BCUT2D eigenvalue weighted by molar-refractivity contribution is 0.0691. The molecule has 1 fully saturated rings. The second-order valence-electron chi connectivity index (χ2n) is 7.00.